The standard InChI is InChI=1S/C15H18N2O3/c1-11-8-9-13(20-11)15(19)17-14-7-4-6-12(16-14)5-2-3-10-18/h4,6-7,11,13,18H,3,8-10H2,1H3,(H,16,17,19). The molecular weight excluding hydrogens is 256 g/mol. The van der Waals surface area contributed by atoms with Gasteiger partial charge >= 0.3 is 0 Å². The van der Waals surface area contributed by atoms with Crippen LogP contribution in [-0.2, 0) is 9.53 Å². The van der Waals surface area contributed by atoms with Crippen LogP contribution >= 0.6 is 0 Å². The Kier molecular flexibility index (Phi) is 5.10. The van der Waals surface area contributed by atoms with E-state index in [-0.39, 0.29) is 18.6 Å². The van der Waals surface area contributed by atoms with Crippen LogP contribution in [0.25, 0.3) is 0 Å². The molecule has 20 heavy (non-hydrogen) atoms. The first-order valence-corrected chi connectivity index (χ1v) is 6.72. The van der Waals surface area contributed by atoms with Crippen molar-refractivity contribution >= 4 is 11.7 Å². The molecule has 0 saturated carbocycles. The second-order valence-corrected chi connectivity index (χ2v) is 4.69. The molecule has 1 saturated heterocycles. The van der Waals surface area contributed by atoms with E-state index in [0.29, 0.717) is 17.9 Å². The van der Waals surface area contributed by atoms with Gasteiger partial charge in [-0.1, -0.05) is 12.0 Å². The van der Waals surface area contributed by atoms with Crippen LogP contribution < -0.4 is 5.32 Å². The maximum Gasteiger partial charge on any atom is 0.254 e. The number of aromatic nitrogens is 1. The molecule has 5 nitrogen and oxygen atoms in total. The lowest BCUT2D eigenvalue weighted by molar-refractivity contribution is -0.126. The van der Waals surface area contributed by atoms with Crippen molar-refractivity contribution in [2.45, 2.75) is 38.4 Å². The van der Waals surface area contributed by atoms with Crippen LogP contribution in [0.5, 0.6) is 0 Å². The normalized spacial score (nSPS) is 21.1. The Bertz CT molecular complexity index is 533. The van der Waals surface area contributed by atoms with E-state index in [1.165, 1.54) is 0 Å². The Balaban J connectivity index is 1.97. The average Bonchev–Trinajstić information content (AvgIpc) is 2.86. The summed E-state index contributed by atoms with van der Waals surface area (Å²) in [7, 11) is 0. The summed E-state index contributed by atoms with van der Waals surface area (Å²) in [6.45, 7) is 1.99. The van der Waals surface area contributed by atoms with Crippen molar-refractivity contribution in [1.29, 1.82) is 0 Å². The number of hydrogen-bond donors (Lipinski definition) is 2. The molecule has 2 unspecified atom stereocenters. The lowest BCUT2D eigenvalue weighted by Crippen LogP contribution is -2.28. The summed E-state index contributed by atoms with van der Waals surface area (Å²) in [4.78, 5) is 16.2. The zero-order valence-corrected chi connectivity index (χ0v) is 11.4. The Morgan fingerprint density at radius 2 is 2.40 bits per heavy atom. The van der Waals surface area contributed by atoms with E-state index in [2.05, 4.69) is 22.1 Å². The predicted octanol–water partition coefficient (Wildman–Crippen LogP) is 1.32. The second kappa shape index (κ2) is 7.04. The lowest BCUT2D eigenvalue weighted by atomic mass is 10.2. The van der Waals surface area contributed by atoms with Gasteiger partial charge < -0.3 is 15.2 Å². The summed E-state index contributed by atoms with van der Waals surface area (Å²) in [5.74, 6) is 5.93. The molecule has 0 aromatic carbocycles. The van der Waals surface area contributed by atoms with Gasteiger partial charge in [0, 0.05) is 6.42 Å². The summed E-state index contributed by atoms with van der Waals surface area (Å²) in [5.41, 5.74) is 0.567. The minimum absolute atomic E-state index is 0.0284. The zero-order chi connectivity index (χ0) is 14.4. The van der Waals surface area contributed by atoms with E-state index < -0.39 is 6.10 Å². The van der Waals surface area contributed by atoms with Gasteiger partial charge in [0.25, 0.3) is 5.91 Å². The molecule has 0 spiro atoms. The number of carbonyl (C=O) groups is 1. The number of amides is 1. The molecule has 1 fully saturated rings. The van der Waals surface area contributed by atoms with E-state index in [9.17, 15) is 4.79 Å². The van der Waals surface area contributed by atoms with Gasteiger partial charge in [0.1, 0.15) is 17.6 Å². The second-order valence-electron chi connectivity index (χ2n) is 4.69. The van der Waals surface area contributed by atoms with E-state index in [0.717, 1.165) is 12.8 Å². The number of ether oxygens (including phenoxy) is 1. The van der Waals surface area contributed by atoms with Crippen LogP contribution in [-0.4, -0.2) is 34.8 Å². The molecule has 5 heteroatoms. The first kappa shape index (κ1) is 14.5. The fourth-order valence-electron chi connectivity index (χ4n) is 1.99. The molecular formula is C15H18N2O3. The van der Waals surface area contributed by atoms with Gasteiger partial charge in [-0.15, -0.1) is 0 Å². The van der Waals surface area contributed by atoms with Gasteiger partial charge in [0.05, 0.1) is 12.7 Å². The molecule has 2 heterocycles. The molecule has 2 N–H and O–H groups in total. The van der Waals surface area contributed by atoms with Gasteiger partial charge in [-0.3, -0.25) is 4.79 Å². The Morgan fingerprint density at radius 3 is 3.10 bits per heavy atom. The third-order valence-corrected chi connectivity index (χ3v) is 2.98. The van der Waals surface area contributed by atoms with Gasteiger partial charge in [0.2, 0.25) is 0 Å². The minimum Gasteiger partial charge on any atom is -0.395 e. The van der Waals surface area contributed by atoms with Crippen molar-refractivity contribution in [2.24, 2.45) is 0 Å². The van der Waals surface area contributed by atoms with E-state index in [1.54, 1.807) is 18.2 Å². The lowest BCUT2D eigenvalue weighted by Gasteiger charge is -2.11. The van der Waals surface area contributed by atoms with Crippen molar-refractivity contribution in [3.05, 3.63) is 23.9 Å². The van der Waals surface area contributed by atoms with Gasteiger partial charge in [0.15, 0.2) is 0 Å². The maximum atomic E-state index is 12.0. The number of rotatable bonds is 3. The molecule has 2 rings (SSSR count). The number of nitrogens with zero attached hydrogens (tertiary/aromatic N) is 1. The molecule has 1 aliphatic heterocycles. The van der Waals surface area contributed by atoms with Gasteiger partial charge in [-0.25, -0.2) is 4.98 Å². The van der Waals surface area contributed by atoms with Crippen molar-refractivity contribution in [2.75, 3.05) is 11.9 Å². The monoisotopic (exact) mass is 274 g/mol. The largest absolute Gasteiger partial charge is 0.395 e. The number of anilines is 1. The predicted molar refractivity (Wildman–Crippen MR) is 75.0 cm³/mol. The smallest absolute Gasteiger partial charge is 0.254 e. The van der Waals surface area contributed by atoms with E-state index >= 15 is 0 Å². The Morgan fingerprint density at radius 1 is 1.55 bits per heavy atom. The summed E-state index contributed by atoms with van der Waals surface area (Å²) in [6.07, 6.45) is 1.79. The van der Waals surface area contributed by atoms with Crippen molar-refractivity contribution in [1.82, 2.24) is 4.98 Å². The van der Waals surface area contributed by atoms with Crippen molar-refractivity contribution < 1.29 is 14.6 Å². The fourth-order valence-corrected chi connectivity index (χ4v) is 1.99. The van der Waals surface area contributed by atoms with Crippen LogP contribution in [0.4, 0.5) is 5.82 Å². The number of nitrogens with one attached hydrogen (secondary N) is 1. The molecule has 1 amide bonds. The molecule has 1 aliphatic rings. The third kappa shape index (κ3) is 4.05. The highest BCUT2D eigenvalue weighted by Gasteiger charge is 2.28. The highest BCUT2D eigenvalue weighted by Crippen LogP contribution is 2.20. The number of pyridine rings is 1. The zero-order valence-electron chi connectivity index (χ0n) is 11.4. The van der Waals surface area contributed by atoms with Gasteiger partial charge in [-0.2, -0.15) is 0 Å². The quantitative estimate of drug-likeness (QED) is 0.816. The minimum atomic E-state index is -0.393. The number of aliphatic hydroxyl groups excluding tert-OH is 1. The molecule has 106 valence electrons. The SMILES string of the molecule is CC1CCC(C(=O)Nc2cccc(C#CCCO)n2)O1. The van der Waals surface area contributed by atoms with Crippen LogP contribution in [0.3, 0.4) is 0 Å². The first-order valence-electron chi connectivity index (χ1n) is 6.72. The molecule has 0 bridgehead atoms. The third-order valence-electron chi connectivity index (χ3n) is 2.98. The highest BCUT2D eigenvalue weighted by atomic mass is 16.5. The van der Waals surface area contributed by atoms with E-state index in [1.807, 2.05) is 6.92 Å². The topological polar surface area (TPSA) is 71.5 Å². The number of aliphatic hydroxyl groups is 1. The summed E-state index contributed by atoms with van der Waals surface area (Å²) in [5, 5.41) is 11.4. The van der Waals surface area contributed by atoms with Crippen LogP contribution in [0.15, 0.2) is 18.2 Å². The van der Waals surface area contributed by atoms with Crippen LogP contribution in [0.2, 0.25) is 0 Å². The summed E-state index contributed by atoms with van der Waals surface area (Å²) < 4.78 is 5.51. The summed E-state index contributed by atoms with van der Waals surface area (Å²) in [6, 6.07) is 5.26. The van der Waals surface area contributed by atoms with Gasteiger partial charge in [-0.05, 0) is 37.8 Å². The van der Waals surface area contributed by atoms with Crippen LogP contribution in [0.1, 0.15) is 31.9 Å². The van der Waals surface area contributed by atoms with Crippen molar-refractivity contribution in [3.63, 3.8) is 0 Å². The number of carbonyl (C=O) groups excluding carboxylic acids is 1. The van der Waals surface area contributed by atoms with Crippen molar-refractivity contribution in [3.8, 4) is 11.8 Å². The average molecular weight is 274 g/mol. The molecule has 0 aliphatic carbocycles. The first-order chi connectivity index (χ1) is 9.69. The maximum absolute atomic E-state index is 12.0. The van der Waals surface area contributed by atoms with Crippen LogP contribution in [0, 0.1) is 11.8 Å². The highest BCUT2D eigenvalue weighted by molar-refractivity contribution is 5.93. The summed E-state index contributed by atoms with van der Waals surface area (Å²) >= 11 is 0. The molecule has 1 aromatic heterocycles. The Hall–Kier alpha value is -1.90. The molecule has 2 atom stereocenters. The Labute approximate surface area is 118 Å². The molecule has 0 radical (unpaired) electrons. The van der Waals surface area contributed by atoms with E-state index in [4.69, 9.17) is 9.84 Å². The fraction of sp³-hybridized carbons (Fsp3) is 0.467. The number of hydrogen-bond acceptors (Lipinski definition) is 4. The molecule has 1 aromatic rings.